The molecule has 1 aromatic rings. The van der Waals surface area contributed by atoms with Crippen molar-refractivity contribution >= 4 is 7.82 Å². The first kappa shape index (κ1) is 24.5. The molecule has 1 aliphatic rings. The first-order chi connectivity index (χ1) is 14.8. The molecule has 0 radical (unpaired) electrons. The highest BCUT2D eigenvalue weighted by atomic mass is 31.2. The van der Waals surface area contributed by atoms with Crippen LogP contribution >= 0.6 is 7.82 Å². The summed E-state index contributed by atoms with van der Waals surface area (Å²) in [6.07, 6.45) is 0.571. The van der Waals surface area contributed by atoms with Crippen molar-refractivity contribution in [3.05, 3.63) is 45.4 Å². The van der Waals surface area contributed by atoms with Gasteiger partial charge in [-0.25, -0.2) is 9.36 Å². The minimum atomic E-state index is -4.07. The van der Waals surface area contributed by atoms with Gasteiger partial charge in [-0.05, 0) is 6.92 Å². The second kappa shape index (κ2) is 11.6. The van der Waals surface area contributed by atoms with E-state index in [4.69, 9.17) is 33.6 Å². The zero-order valence-corrected chi connectivity index (χ0v) is 17.8. The molecule has 0 amide bonds. The summed E-state index contributed by atoms with van der Waals surface area (Å²) in [5.74, 6) is 0. The van der Waals surface area contributed by atoms with Crippen LogP contribution in [-0.4, -0.2) is 41.6 Å². The van der Waals surface area contributed by atoms with Crippen LogP contribution in [0.15, 0.2) is 28.6 Å². The molecule has 1 saturated heterocycles. The van der Waals surface area contributed by atoms with Crippen molar-refractivity contribution in [3.63, 3.8) is 0 Å². The SMILES string of the molecule is C=COC1C[C@H](n2cc(C)c(=O)[nH]c2=O)O[C@@H]1COP(=O)(OCCC#N)OCCC#N. The molecule has 3 atom stereocenters. The van der Waals surface area contributed by atoms with Gasteiger partial charge in [0.25, 0.3) is 5.56 Å². The van der Waals surface area contributed by atoms with E-state index in [1.54, 1.807) is 6.92 Å². The summed E-state index contributed by atoms with van der Waals surface area (Å²) in [5, 5.41) is 17.3. The lowest BCUT2D eigenvalue weighted by atomic mass is 10.2. The molecule has 0 aromatic carbocycles. The number of aromatic nitrogens is 2. The number of rotatable bonds is 12. The van der Waals surface area contributed by atoms with Crippen LogP contribution in [0.5, 0.6) is 0 Å². The smallest absolute Gasteiger partial charge is 0.474 e. The van der Waals surface area contributed by atoms with Crippen molar-refractivity contribution in [2.24, 2.45) is 0 Å². The minimum Gasteiger partial charge on any atom is -0.496 e. The van der Waals surface area contributed by atoms with E-state index >= 15 is 0 Å². The third-order valence-electron chi connectivity index (χ3n) is 4.23. The second-order valence-electron chi connectivity index (χ2n) is 6.41. The Labute approximate surface area is 178 Å². The van der Waals surface area contributed by atoms with Crippen LogP contribution in [0.4, 0.5) is 0 Å². The molecule has 1 N–H and O–H groups in total. The summed E-state index contributed by atoms with van der Waals surface area (Å²) < 4.78 is 40.8. The maximum absolute atomic E-state index is 12.8. The molecule has 0 saturated carbocycles. The maximum atomic E-state index is 12.8. The predicted octanol–water partition coefficient (Wildman–Crippen LogP) is 1.65. The van der Waals surface area contributed by atoms with E-state index in [-0.39, 0.29) is 39.1 Å². The summed E-state index contributed by atoms with van der Waals surface area (Å²) in [6.45, 7) is 4.40. The quantitative estimate of drug-likeness (QED) is 0.279. The number of aromatic amines is 1. The van der Waals surface area contributed by atoms with E-state index in [0.717, 1.165) is 0 Å². The number of hydrogen-bond donors (Lipinski definition) is 1. The van der Waals surface area contributed by atoms with Crippen LogP contribution in [0.1, 0.15) is 31.1 Å². The van der Waals surface area contributed by atoms with Crippen molar-refractivity contribution in [1.82, 2.24) is 9.55 Å². The molecule has 0 aliphatic carbocycles. The average Bonchev–Trinajstić information content (AvgIpc) is 3.13. The van der Waals surface area contributed by atoms with Crippen LogP contribution in [0, 0.1) is 29.6 Å². The van der Waals surface area contributed by atoms with Gasteiger partial charge in [0.1, 0.15) is 18.4 Å². The lowest BCUT2D eigenvalue weighted by Crippen LogP contribution is -2.33. The molecule has 12 nitrogen and oxygen atoms in total. The van der Waals surface area contributed by atoms with Crippen LogP contribution in [0.25, 0.3) is 0 Å². The average molecular weight is 454 g/mol. The van der Waals surface area contributed by atoms with Crippen molar-refractivity contribution < 1.29 is 27.6 Å². The highest BCUT2D eigenvalue weighted by Crippen LogP contribution is 2.50. The Balaban J connectivity index is 2.12. The largest absolute Gasteiger partial charge is 0.496 e. The standard InChI is InChI=1S/C18H23N4O8P/c1-3-26-14-10-16(22-11-13(2)17(23)21-18(22)24)30-15(14)12-29-31(25,27-8-4-6-19)28-9-5-7-20/h3,11,14-16H,1,4-5,8-10,12H2,2H3,(H,21,23,24)/t14?,15-,16-/m1/s1. The predicted molar refractivity (Wildman–Crippen MR) is 106 cm³/mol. The first-order valence-corrected chi connectivity index (χ1v) is 10.8. The highest BCUT2D eigenvalue weighted by molar-refractivity contribution is 7.48. The summed E-state index contributed by atoms with van der Waals surface area (Å²) >= 11 is 0. The van der Waals surface area contributed by atoms with Gasteiger partial charge in [-0.2, -0.15) is 10.5 Å². The number of H-pyrrole nitrogens is 1. The fourth-order valence-corrected chi connectivity index (χ4v) is 3.95. The molecule has 0 bridgehead atoms. The van der Waals surface area contributed by atoms with E-state index in [0.29, 0.717) is 5.56 Å². The highest BCUT2D eigenvalue weighted by Gasteiger charge is 2.40. The Bertz CT molecular complexity index is 984. The normalized spacial score (nSPS) is 20.7. The number of phosphoric ester groups is 1. The molecule has 1 unspecified atom stereocenters. The topological polar surface area (TPSA) is 166 Å². The van der Waals surface area contributed by atoms with Crippen LogP contribution in [0.3, 0.4) is 0 Å². The van der Waals surface area contributed by atoms with Gasteiger partial charge in [-0.1, -0.05) is 6.58 Å². The molecule has 13 heteroatoms. The summed E-state index contributed by atoms with van der Waals surface area (Å²) in [6, 6.07) is 3.69. The monoisotopic (exact) mass is 454 g/mol. The Kier molecular flexibility index (Phi) is 9.19. The molecule has 2 heterocycles. The van der Waals surface area contributed by atoms with Gasteiger partial charge in [0.2, 0.25) is 0 Å². The van der Waals surface area contributed by atoms with Gasteiger partial charge in [-0.15, -0.1) is 0 Å². The lowest BCUT2D eigenvalue weighted by Gasteiger charge is -2.22. The number of aryl methyl sites for hydroxylation is 1. The van der Waals surface area contributed by atoms with Crippen molar-refractivity contribution in [2.45, 2.75) is 44.6 Å². The third-order valence-corrected chi connectivity index (χ3v) is 5.69. The zero-order valence-electron chi connectivity index (χ0n) is 16.9. The van der Waals surface area contributed by atoms with E-state index in [9.17, 15) is 14.2 Å². The molecule has 1 aliphatic heterocycles. The molecule has 1 aromatic heterocycles. The third kappa shape index (κ3) is 6.89. The number of nitrogens with zero attached hydrogens (tertiary/aromatic N) is 3. The Morgan fingerprint density at radius 2 is 1.94 bits per heavy atom. The van der Waals surface area contributed by atoms with Gasteiger partial charge in [0.15, 0.2) is 0 Å². The summed E-state index contributed by atoms with van der Waals surface area (Å²) in [7, 11) is -4.07. The minimum absolute atomic E-state index is 0.0341. The Morgan fingerprint density at radius 3 is 2.52 bits per heavy atom. The fourth-order valence-electron chi connectivity index (χ4n) is 2.77. The summed E-state index contributed by atoms with van der Waals surface area (Å²) in [4.78, 5) is 26.0. The van der Waals surface area contributed by atoms with Gasteiger partial charge >= 0.3 is 13.5 Å². The van der Waals surface area contributed by atoms with E-state index in [1.165, 1.54) is 17.0 Å². The van der Waals surface area contributed by atoms with E-state index in [1.807, 2.05) is 12.1 Å². The maximum Gasteiger partial charge on any atom is 0.474 e. The number of nitriles is 2. The molecule has 31 heavy (non-hydrogen) atoms. The van der Waals surface area contributed by atoms with Crippen LogP contribution in [0.2, 0.25) is 0 Å². The molecular weight excluding hydrogens is 431 g/mol. The summed E-state index contributed by atoms with van der Waals surface area (Å²) in [5.41, 5.74) is -0.821. The first-order valence-electron chi connectivity index (χ1n) is 9.35. The molecule has 0 spiro atoms. The number of nitrogens with one attached hydrogen (secondary N) is 1. The van der Waals surface area contributed by atoms with Crippen LogP contribution < -0.4 is 11.2 Å². The van der Waals surface area contributed by atoms with E-state index < -0.39 is 37.5 Å². The van der Waals surface area contributed by atoms with Gasteiger partial charge in [0, 0.05) is 18.2 Å². The molecule has 2 rings (SSSR count). The molecule has 168 valence electrons. The van der Waals surface area contributed by atoms with Gasteiger partial charge < -0.3 is 9.47 Å². The van der Waals surface area contributed by atoms with Crippen molar-refractivity contribution in [3.8, 4) is 12.1 Å². The van der Waals surface area contributed by atoms with E-state index in [2.05, 4.69) is 11.6 Å². The van der Waals surface area contributed by atoms with Crippen molar-refractivity contribution in [2.75, 3.05) is 19.8 Å². The number of hydrogen-bond acceptors (Lipinski definition) is 10. The Morgan fingerprint density at radius 1 is 1.29 bits per heavy atom. The number of ether oxygens (including phenoxy) is 2. The number of phosphoric acid groups is 1. The van der Waals surface area contributed by atoms with Gasteiger partial charge in [-0.3, -0.25) is 27.9 Å². The lowest BCUT2D eigenvalue weighted by molar-refractivity contribution is -0.0500. The van der Waals surface area contributed by atoms with Crippen molar-refractivity contribution in [1.29, 1.82) is 10.5 Å². The fraction of sp³-hybridized carbons (Fsp3) is 0.556. The molecule has 1 fully saturated rings. The zero-order chi connectivity index (χ0) is 22.9. The van der Waals surface area contributed by atoms with Gasteiger partial charge in [0.05, 0.1) is 51.1 Å². The second-order valence-corrected chi connectivity index (χ2v) is 8.08. The van der Waals surface area contributed by atoms with Crippen LogP contribution in [-0.2, 0) is 27.6 Å². The molecular formula is C18H23N4O8P. The Hall–Kier alpha value is -2.73.